The lowest BCUT2D eigenvalue weighted by atomic mass is 9.82. The van der Waals surface area contributed by atoms with Crippen LogP contribution in [0.3, 0.4) is 0 Å². The minimum atomic E-state index is -0.0824. The number of para-hydroxylation sites is 1. The molecular weight excluding hydrogens is 569 g/mol. The van der Waals surface area contributed by atoms with Crippen LogP contribution in [0.2, 0.25) is 0 Å². The molecule has 2 heteroatoms. The summed E-state index contributed by atoms with van der Waals surface area (Å²) < 4.78 is 2.45. The maximum Gasteiger partial charge on any atom is 0.0561 e. The lowest BCUT2D eigenvalue weighted by Crippen LogP contribution is -2.16. The summed E-state index contributed by atoms with van der Waals surface area (Å²) in [6, 6.07) is 51.4. The molecule has 2 aliphatic rings. The van der Waals surface area contributed by atoms with Crippen molar-refractivity contribution in [2.75, 3.05) is 4.90 Å². The highest BCUT2D eigenvalue weighted by molar-refractivity contribution is 6.11. The van der Waals surface area contributed by atoms with Crippen LogP contribution < -0.4 is 4.90 Å². The minimum Gasteiger partial charge on any atom is -0.310 e. The molecule has 0 unspecified atom stereocenters. The summed E-state index contributed by atoms with van der Waals surface area (Å²) in [7, 11) is 0. The summed E-state index contributed by atoms with van der Waals surface area (Å²) in [6.07, 6.45) is 9.11. The molecule has 0 amide bonds. The van der Waals surface area contributed by atoms with E-state index in [2.05, 4.69) is 181 Å². The van der Waals surface area contributed by atoms with Gasteiger partial charge in [-0.1, -0.05) is 123 Å². The molecule has 2 nitrogen and oxygen atoms in total. The SMILES string of the molecule is CC1(C)c2ccccc2-c2ccc(N(c3ccc(-c4ccccc4)cc3)c3ccc4c5ccccc5n(C5=CCCC=C5)c4c3)cc21. The molecule has 0 bridgehead atoms. The monoisotopic (exact) mass is 604 g/mol. The van der Waals surface area contributed by atoms with Crippen LogP contribution in [-0.4, -0.2) is 4.57 Å². The first kappa shape index (κ1) is 27.7. The summed E-state index contributed by atoms with van der Waals surface area (Å²) in [4.78, 5) is 2.43. The maximum atomic E-state index is 2.45. The molecule has 2 aliphatic carbocycles. The van der Waals surface area contributed by atoms with Gasteiger partial charge in [0.15, 0.2) is 0 Å². The third-order valence-corrected chi connectivity index (χ3v) is 10.2. The van der Waals surface area contributed by atoms with E-state index in [9.17, 15) is 0 Å². The van der Waals surface area contributed by atoms with Crippen molar-refractivity contribution in [2.24, 2.45) is 0 Å². The van der Waals surface area contributed by atoms with E-state index in [1.54, 1.807) is 0 Å². The number of aromatic nitrogens is 1. The molecule has 1 aromatic heterocycles. The average Bonchev–Trinajstić information content (AvgIpc) is 3.58. The van der Waals surface area contributed by atoms with Crippen LogP contribution in [0.4, 0.5) is 17.1 Å². The van der Waals surface area contributed by atoms with Gasteiger partial charge in [0, 0.05) is 38.9 Å². The lowest BCUT2D eigenvalue weighted by Gasteiger charge is -2.28. The zero-order valence-corrected chi connectivity index (χ0v) is 26.8. The first-order valence-electron chi connectivity index (χ1n) is 16.7. The van der Waals surface area contributed by atoms with Gasteiger partial charge in [-0.25, -0.2) is 0 Å². The first-order valence-corrected chi connectivity index (χ1v) is 16.7. The Morgan fingerprint density at radius 2 is 1.19 bits per heavy atom. The molecule has 0 aliphatic heterocycles. The largest absolute Gasteiger partial charge is 0.310 e. The van der Waals surface area contributed by atoms with Gasteiger partial charge < -0.3 is 9.47 Å². The van der Waals surface area contributed by atoms with Gasteiger partial charge in [-0.3, -0.25) is 0 Å². The number of benzene rings is 6. The molecule has 47 heavy (non-hydrogen) atoms. The van der Waals surface area contributed by atoms with Crippen molar-refractivity contribution in [2.45, 2.75) is 32.1 Å². The van der Waals surface area contributed by atoms with Crippen molar-refractivity contribution < 1.29 is 0 Å². The summed E-state index contributed by atoms with van der Waals surface area (Å²) in [5.74, 6) is 0. The van der Waals surface area contributed by atoms with Gasteiger partial charge >= 0.3 is 0 Å². The second-order valence-corrected chi connectivity index (χ2v) is 13.3. The average molecular weight is 605 g/mol. The van der Waals surface area contributed by atoms with E-state index in [0.29, 0.717) is 0 Å². The second-order valence-electron chi connectivity index (χ2n) is 13.3. The van der Waals surface area contributed by atoms with Gasteiger partial charge in [-0.2, -0.15) is 0 Å². The van der Waals surface area contributed by atoms with E-state index in [1.807, 2.05) is 0 Å². The quantitative estimate of drug-likeness (QED) is 0.190. The molecule has 0 spiro atoms. The van der Waals surface area contributed by atoms with Gasteiger partial charge in [0.05, 0.1) is 11.0 Å². The van der Waals surface area contributed by atoms with Gasteiger partial charge in [0.2, 0.25) is 0 Å². The molecule has 0 saturated heterocycles. The lowest BCUT2D eigenvalue weighted by molar-refractivity contribution is 0.660. The summed E-state index contributed by atoms with van der Waals surface area (Å²) in [5, 5.41) is 2.55. The fraction of sp³-hybridized carbons (Fsp3) is 0.111. The van der Waals surface area contributed by atoms with E-state index >= 15 is 0 Å². The highest BCUT2D eigenvalue weighted by Gasteiger charge is 2.35. The predicted molar refractivity (Wildman–Crippen MR) is 200 cm³/mol. The van der Waals surface area contributed by atoms with Crippen LogP contribution in [0.5, 0.6) is 0 Å². The summed E-state index contributed by atoms with van der Waals surface area (Å²) >= 11 is 0. The second kappa shape index (κ2) is 10.7. The molecule has 1 heterocycles. The predicted octanol–water partition coefficient (Wildman–Crippen LogP) is 12.4. The van der Waals surface area contributed by atoms with Crippen LogP contribution >= 0.6 is 0 Å². The van der Waals surface area contributed by atoms with Crippen molar-refractivity contribution in [3.05, 3.63) is 169 Å². The van der Waals surface area contributed by atoms with E-state index in [4.69, 9.17) is 0 Å². The molecular formula is C45H36N2. The van der Waals surface area contributed by atoms with Crippen molar-refractivity contribution >= 4 is 44.6 Å². The molecule has 9 rings (SSSR count). The molecule has 0 atom stereocenters. The van der Waals surface area contributed by atoms with Gasteiger partial charge in [-0.05, 0) is 94.8 Å². The molecule has 226 valence electrons. The van der Waals surface area contributed by atoms with E-state index in [-0.39, 0.29) is 5.41 Å². The normalized spacial score (nSPS) is 14.6. The first-order chi connectivity index (χ1) is 23.1. The van der Waals surface area contributed by atoms with Gasteiger partial charge in [0.25, 0.3) is 0 Å². The Morgan fingerprint density at radius 1 is 0.532 bits per heavy atom. The summed E-state index contributed by atoms with van der Waals surface area (Å²) in [5.41, 5.74) is 15.0. The number of nitrogens with zero attached hydrogens (tertiary/aromatic N) is 2. The van der Waals surface area contributed by atoms with E-state index < -0.39 is 0 Å². The van der Waals surface area contributed by atoms with E-state index in [1.165, 1.54) is 60.9 Å². The standard InChI is InChI=1S/C45H36N2/c1-45(2)41-19-11-9-17-37(41)38-27-25-35(29-42(38)45)46(34-23-21-32(22-24-34)31-13-5-3-6-14-31)36-26-28-40-39-18-10-12-20-43(39)47(44(40)30-36)33-15-7-4-8-16-33/h3,5-7,9-30H,4,8H2,1-2H3. The van der Waals surface area contributed by atoms with Crippen molar-refractivity contribution in [1.29, 1.82) is 0 Å². The number of hydrogen-bond acceptors (Lipinski definition) is 1. The van der Waals surface area contributed by atoms with Crippen molar-refractivity contribution in [1.82, 2.24) is 4.57 Å². The Bertz CT molecular complexity index is 2370. The van der Waals surface area contributed by atoms with Gasteiger partial charge in [-0.15, -0.1) is 0 Å². The van der Waals surface area contributed by atoms with Crippen LogP contribution in [0, 0.1) is 0 Å². The zero-order valence-electron chi connectivity index (χ0n) is 26.8. The molecule has 0 radical (unpaired) electrons. The maximum absolute atomic E-state index is 2.45. The van der Waals surface area contributed by atoms with Gasteiger partial charge in [0.1, 0.15) is 0 Å². The third kappa shape index (κ3) is 4.40. The van der Waals surface area contributed by atoms with E-state index in [0.717, 1.165) is 29.9 Å². The number of fused-ring (bicyclic) bond motifs is 6. The Morgan fingerprint density at radius 3 is 2.02 bits per heavy atom. The zero-order chi connectivity index (χ0) is 31.5. The minimum absolute atomic E-state index is 0.0824. The number of rotatable bonds is 5. The molecule has 0 N–H and O–H groups in total. The molecule has 7 aromatic rings. The fourth-order valence-corrected chi connectivity index (χ4v) is 7.85. The molecule has 6 aromatic carbocycles. The highest BCUT2D eigenvalue weighted by Crippen LogP contribution is 2.51. The Balaban J connectivity index is 1.25. The van der Waals surface area contributed by atoms with Crippen LogP contribution in [0.1, 0.15) is 37.8 Å². The molecule has 0 saturated carbocycles. The Labute approximate surface area is 276 Å². The van der Waals surface area contributed by atoms with Crippen LogP contribution in [0.25, 0.3) is 49.8 Å². The smallest absolute Gasteiger partial charge is 0.0561 e. The third-order valence-electron chi connectivity index (χ3n) is 10.2. The number of allylic oxidation sites excluding steroid dienone is 4. The topological polar surface area (TPSA) is 8.17 Å². The van der Waals surface area contributed by atoms with Crippen LogP contribution in [-0.2, 0) is 5.41 Å². The number of hydrogen-bond donors (Lipinski definition) is 0. The van der Waals surface area contributed by atoms with Crippen molar-refractivity contribution in [3.8, 4) is 22.3 Å². The molecule has 0 fully saturated rings. The number of anilines is 3. The van der Waals surface area contributed by atoms with Crippen LogP contribution in [0.15, 0.2) is 158 Å². The fourth-order valence-electron chi connectivity index (χ4n) is 7.85. The van der Waals surface area contributed by atoms with Crippen molar-refractivity contribution in [3.63, 3.8) is 0 Å². The Hall–Kier alpha value is -5.60. The highest BCUT2D eigenvalue weighted by atomic mass is 15.1. The summed E-state index contributed by atoms with van der Waals surface area (Å²) in [6.45, 7) is 4.71. The Kier molecular flexibility index (Phi) is 6.33.